The number of ketones is 1. The highest BCUT2D eigenvalue weighted by Gasteiger charge is 2.41. The summed E-state index contributed by atoms with van der Waals surface area (Å²) in [5.74, 6) is 0.685. The first-order chi connectivity index (χ1) is 16.8. The molecular weight excluding hydrogens is 438 g/mol. The first-order valence-corrected chi connectivity index (χ1v) is 12.1. The molecule has 0 unspecified atom stereocenters. The third kappa shape index (κ3) is 4.74. The van der Waals surface area contributed by atoms with Crippen LogP contribution in [0.25, 0.3) is 0 Å². The number of para-hydroxylation sites is 2. The normalized spacial score (nSPS) is 18.9. The molecule has 0 radical (unpaired) electrons. The van der Waals surface area contributed by atoms with Crippen molar-refractivity contribution in [3.05, 3.63) is 95.1 Å². The van der Waals surface area contributed by atoms with Gasteiger partial charge < -0.3 is 20.0 Å². The van der Waals surface area contributed by atoms with Crippen LogP contribution >= 0.6 is 0 Å². The van der Waals surface area contributed by atoms with Gasteiger partial charge in [-0.3, -0.25) is 9.59 Å². The van der Waals surface area contributed by atoms with Crippen LogP contribution in [0.2, 0.25) is 0 Å². The minimum atomic E-state index is -0.375. The highest BCUT2D eigenvalue weighted by atomic mass is 16.3. The van der Waals surface area contributed by atoms with Crippen molar-refractivity contribution in [3.8, 4) is 0 Å². The Balaban J connectivity index is 1.60. The molecule has 1 atom stereocenters. The molecule has 1 aliphatic heterocycles. The van der Waals surface area contributed by atoms with Gasteiger partial charge in [-0.15, -0.1) is 0 Å². The van der Waals surface area contributed by atoms with E-state index in [1.165, 1.54) is 0 Å². The SMILES string of the molecule is Cc1ccc([C@@H]2C3=C(CC(C)(C)CC3=O)Nc3ccccc3N2CC(=O)NCc2ccco2)cc1. The van der Waals surface area contributed by atoms with Crippen LogP contribution in [0, 0.1) is 12.3 Å². The number of benzene rings is 2. The molecule has 1 aliphatic carbocycles. The van der Waals surface area contributed by atoms with Gasteiger partial charge in [0.2, 0.25) is 5.91 Å². The number of rotatable bonds is 5. The zero-order valence-electron chi connectivity index (χ0n) is 20.4. The molecule has 2 heterocycles. The number of anilines is 2. The summed E-state index contributed by atoms with van der Waals surface area (Å²) in [7, 11) is 0. The van der Waals surface area contributed by atoms with E-state index in [-0.39, 0.29) is 29.7 Å². The molecule has 35 heavy (non-hydrogen) atoms. The van der Waals surface area contributed by atoms with Crippen LogP contribution < -0.4 is 15.5 Å². The van der Waals surface area contributed by atoms with Gasteiger partial charge in [0.05, 0.1) is 36.8 Å². The van der Waals surface area contributed by atoms with Crippen LogP contribution in [0.1, 0.15) is 49.6 Å². The fourth-order valence-corrected chi connectivity index (χ4v) is 5.13. The molecule has 0 bridgehead atoms. The molecular formula is C29H31N3O3. The van der Waals surface area contributed by atoms with E-state index < -0.39 is 0 Å². The van der Waals surface area contributed by atoms with E-state index in [4.69, 9.17) is 4.42 Å². The minimum Gasteiger partial charge on any atom is -0.467 e. The van der Waals surface area contributed by atoms with Gasteiger partial charge in [0.15, 0.2) is 5.78 Å². The number of carbonyl (C=O) groups is 2. The molecule has 2 aromatic carbocycles. The van der Waals surface area contributed by atoms with Gasteiger partial charge >= 0.3 is 0 Å². The third-order valence-electron chi connectivity index (χ3n) is 6.75. The summed E-state index contributed by atoms with van der Waals surface area (Å²) in [6.45, 7) is 6.73. The van der Waals surface area contributed by atoms with Crippen molar-refractivity contribution < 1.29 is 14.0 Å². The molecule has 5 rings (SSSR count). The number of aryl methyl sites for hydroxylation is 1. The largest absolute Gasteiger partial charge is 0.467 e. The average molecular weight is 470 g/mol. The summed E-state index contributed by atoms with van der Waals surface area (Å²) in [5.41, 5.74) is 5.50. The predicted molar refractivity (Wildman–Crippen MR) is 137 cm³/mol. The third-order valence-corrected chi connectivity index (χ3v) is 6.75. The van der Waals surface area contributed by atoms with E-state index in [1.807, 2.05) is 37.3 Å². The van der Waals surface area contributed by atoms with Gasteiger partial charge in [0, 0.05) is 17.7 Å². The summed E-state index contributed by atoms with van der Waals surface area (Å²) in [4.78, 5) is 28.9. The number of carbonyl (C=O) groups excluding carboxylic acids is 2. The van der Waals surface area contributed by atoms with E-state index in [2.05, 4.69) is 53.6 Å². The molecule has 2 aliphatic rings. The molecule has 0 fully saturated rings. The second-order valence-corrected chi connectivity index (χ2v) is 10.3. The Labute approximate surface area is 206 Å². The van der Waals surface area contributed by atoms with E-state index in [0.717, 1.165) is 40.2 Å². The standard InChI is InChI=1S/C29H31N3O3/c1-19-10-12-20(13-11-19)28-27-23(15-29(2,3)16-25(27)33)31-22-8-4-5-9-24(22)32(28)18-26(34)30-17-21-7-6-14-35-21/h4-14,28,31H,15-18H2,1-3H3,(H,30,34)/t28-/m1/s1. The summed E-state index contributed by atoms with van der Waals surface area (Å²) < 4.78 is 5.37. The molecule has 0 saturated carbocycles. The maximum atomic E-state index is 13.7. The van der Waals surface area contributed by atoms with E-state index in [1.54, 1.807) is 12.3 Å². The first-order valence-electron chi connectivity index (χ1n) is 12.1. The first kappa shape index (κ1) is 23.0. The zero-order chi connectivity index (χ0) is 24.6. The van der Waals surface area contributed by atoms with Crippen LogP contribution in [-0.2, 0) is 16.1 Å². The molecule has 6 heteroatoms. The van der Waals surface area contributed by atoms with Crippen LogP contribution in [0.3, 0.4) is 0 Å². The summed E-state index contributed by atoms with van der Waals surface area (Å²) in [6, 6.07) is 19.5. The molecule has 3 aromatic rings. The van der Waals surface area contributed by atoms with Gasteiger partial charge in [-0.1, -0.05) is 55.8 Å². The Kier molecular flexibility index (Phi) is 5.97. The zero-order valence-corrected chi connectivity index (χ0v) is 20.4. The average Bonchev–Trinajstić information content (AvgIpc) is 3.29. The fraction of sp³-hybridized carbons (Fsp3) is 0.310. The van der Waals surface area contributed by atoms with Crippen molar-refractivity contribution in [3.63, 3.8) is 0 Å². The lowest BCUT2D eigenvalue weighted by molar-refractivity contribution is -0.121. The van der Waals surface area contributed by atoms with Crippen LogP contribution in [-0.4, -0.2) is 18.2 Å². The van der Waals surface area contributed by atoms with Crippen molar-refractivity contribution in [2.45, 2.75) is 46.2 Å². The van der Waals surface area contributed by atoms with Crippen molar-refractivity contribution in [1.82, 2.24) is 5.32 Å². The molecule has 1 aromatic heterocycles. The molecule has 0 spiro atoms. The lowest BCUT2D eigenvalue weighted by Gasteiger charge is -2.38. The summed E-state index contributed by atoms with van der Waals surface area (Å²) in [6.07, 6.45) is 2.84. The monoisotopic (exact) mass is 469 g/mol. The smallest absolute Gasteiger partial charge is 0.239 e. The van der Waals surface area contributed by atoms with E-state index >= 15 is 0 Å². The maximum Gasteiger partial charge on any atom is 0.239 e. The van der Waals surface area contributed by atoms with Crippen LogP contribution in [0.15, 0.2) is 82.6 Å². The maximum absolute atomic E-state index is 13.7. The Morgan fingerprint density at radius 2 is 1.86 bits per heavy atom. The fourth-order valence-electron chi connectivity index (χ4n) is 5.13. The number of hydrogen-bond donors (Lipinski definition) is 2. The van der Waals surface area contributed by atoms with Gasteiger partial charge in [0.25, 0.3) is 0 Å². The second kappa shape index (κ2) is 9.10. The molecule has 2 N–H and O–H groups in total. The number of nitrogens with one attached hydrogen (secondary N) is 2. The van der Waals surface area contributed by atoms with E-state index in [0.29, 0.717) is 18.7 Å². The minimum absolute atomic E-state index is 0.103. The van der Waals surface area contributed by atoms with Crippen molar-refractivity contribution >= 4 is 23.1 Å². The number of Topliss-reactive ketones (excluding diaryl/α,β-unsaturated/α-hetero) is 1. The summed E-state index contributed by atoms with van der Waals surface area (Å²) >= 11 is 0. The van der Waals surface area contributed by atoms with Crippen molar-refractivity contribution in [2.75, 3.05) is 16.8 Å². The number of hydrogen-bond acceptors (Lipinski definition) is 5. The highest BCUT2D eigenvalue weighted by molar-refractivity contribution is 6.01. The molecule has 1 amide bonds. The predicted octanol–water partition coefficient (Wildman–Crippen LogP) is 5.52. The Morgan fingerprint density at radius 1 is 1.09 bits per heavy atom. The topological polar surface area (TPSA) is 74.6 Å². The van der Waals surface area contributed by atoms with Crippen LogP contribution in [0.5, 0.6) is 0 Å². The van der Waals surface area contributed by atoms with Crippen molar-refractivity contribution in [1.29, 1.82) is 0 Å². The summed E-state index contributed by atoms with van der Waals surface area (Å²) in [5, 5.41) is 6.55. The quantitative estimate of drug-likeness (QED) is 0.515. The number of amides is 1. The van der Waals surface area contributed by atoms with E-state index in [9.17, 15) is 9.59 Å². The number of furan rings is 1. The number of fused-ring (bicyclic) bond motifs is 1. The Bertz CT molecular complexity index is 1270. The lowest BCUT2D eigenvalue weighted by atomic mass is 9.73. The van der Waals surface area contributed by atoms with Crippen LogP contribution in [0.4, 0.5) is 11.4 Å². The number of allylic oxidation sites excluding steroid dienone is 1. The molecule has 180 valence electrons. The second-order valence-electron chi connectivity index (χ2n) is 10.3. The Morgan fingerprint density at radius 3 is 2.60 bits per heavy atom. The molecule has 0 saturated heterocycles. The van der Waals surface area contributed by atoms with Gasteiger partial charge in [-0.2, -0.15) is 0 Å². The number of nitrogens with zero attached hydrogens (tertiary/aromatic N) is 1. The van der Waals surface area contributed by atoms with Crippen molar-refractivity contribution in [2.24, 2.45) is 5.41 Å². The highest BCUT2D eigenvalue weighted by Crippen LogP contribution is 2.48. The Hall–Kier alpha value is -3.80. The molecule has 6 nitrogen and oxygen atoms in total. The lowest BCUT2D eigenvalue weighted by Crippen LogP contribution is -2.41. The van der Waals surface area contributed by atoms with Gasteiger partial charge in [0.1, 0.15) is 5.76 Å². The van der Waals surface area contributed by atoms with Gasteiger partial charge in [-0.05, 0) is 48.6 Å². The van der Waals surface area contributed by atoms with Gasteiger partial charge in [-0.25, -0.2) is 0 Å².